The summed E-state index contributed by atoms with van der Waals surface area (Å²) in [6.07, 6.45) is 1.84. The number of thiazole rings is 4. The molecule has 14 aromatic rings. The van der Waals surface area contributed by atoms with Crippen LogP contribution >= 0.6 is 115 Å². The van der Waals surface area contributed by atoms with E-state index >= 15 is 0 Å². The Morgan fingerprint density at radius 2 is 0.667 bits per heavy atom. The molecule has 0 aliphatic carbocycles. The third kappa shape index (κ3) is 33.3. The van der Waals surface area contributed by atoms with Crippen LogP contribution in [0.15, 0.2) is 304 Å². The first-order valence-corrected chi connectivity index (χ1v) is 44.7. The zero-order valence-electron chi connectivity index (χ0n) is 69.0. The molecular weight excluding hydrogens is 1910 g/mol. The molecule has 129 heavy (non-hydrogen) atoms. The zero-order chi connectivity index (χ0) is 92.1. The number of alkyl carbamates (subject to hydrolysis) is 1. The van der Waals surface area contributed by atoms with Crippen LogP contribution < -0.4 is 22.5 Å². The summed E-state index contributed by atoms with van der Waals surface area (Å²) in [4.78, 5) is 103. The number of hydrogen-bond donors (Lipinski definition) is 4. The van der Waals surface area contributed by atoms with E-state index in [4.69, 9.17) is 58.6 Å². The zero-order valence-corrected chi connectivity index (χ0v) is 78.0. The summed E-state index contributed by atoms with van der Waals surface area (Å²) >= 11 is 23.6. The number of Topliss-reactive ketones (excluding diaryl/α,β-unsaturated/α-hetero) is 1. The van der Waals surface area contributed by atoms with E-state index in [1.54, 1.807) is 127 Å². The smallest absolute Gasteiger partial charge is 0.408 e. The van der Waals surface area contributed by atoms with Crippen molar-refractivity contribution in [2.75, 3.05) is 5.33 Å². The molecule has 0 aliphatic heterocycles. The quantitative estimate of drug-likeness (QED) is 0.0111. The van der Waals surface area contributed by atoms with Gasteiger partial charge in [-0.15, -0.1) is 62.3 Å². The van der Waals surface area contributed by atoms with Crippen LogP contribution in [0.3, 0.4) is 0 Å². The first kappa shape index (κ1) is 101. The fourth-order valence-electron chi connectivity index (χ4n) is 11.8. The summed E-state index contributed by atoms with van der Waals surface area (Å²) in [7, 11) is 0. The Kier molecular flexibility index (Phi) is 40.7. The van der Waals surface area contributed by atoms with E-state index in [9.17, 15) is 60.2 Å². The van der Waals surface area contributed by atoms with Crippen LogP contribution in [-0.2, 0) is 41.6 Å². The van der Waals surface area contributed by atoms with Crippen molar-refractivity contribution in [2.24, 2.45) is 27.2 Å². The van der Waals surface area contributed by atoms with Gasteiger partial charge >= 0.3 is 6.09 Å². The third-order valence-corrected chi connectivity index (χ3v) is 22.9. The van der Waals surface area contributed by atoms with Crippen LogP contribution in [0.5, 0.6) is 0 Å². The maximum absolute atomic E-state index is 12.0. The molecule has 660 valence electrons. The standard InChI is InChI=1S/2C18H13N3O2S2.2C17H15N3O2S.C15H19BrN2O5.C7H7NS.BrH/c2*22-21(23)15-8-6-13(7-9-15)10-16(19-12-24)17-11-25-18(20-17)14-4-2-1-3-5-14;2*18-15(10-12-6-8-14(9-7-12)20(21)22)16-11-23-17(19-16)13-4-2-1-3-5-13;1-15(2,3)23-14(20)17-12(13(19)9-16)8-10-4-6-11(7-5-10)18(21)22;8-7(9)6-4-2-1-3-5-6;/h2*1-9,11,16H,10H2;2*1-9,11,15H,10,18H2;4-7,12H,8-9H2,1-3H3,(H,17,20);1-5H,(H2,8,9);1H/t2*16-;15-;;12-;;/m000.0../s1. The van der Waals surface area contributed by atoms with Crippen LogP contribution in [0.4, 0.5) is 33.2 Å². The molecule has 7 N–H and O–H groups in total. The van der Waals surface area contributed by atoms with E-state index in [-0.39, 0.29) is 87.1 Å². The van der Waals surface area contributed by atoms with Crippen molar-refractivity contribution in [1.29, 1.82) is 0 Å². The van der Waals surface area contributed by atoms with Gasteiger partial charge < -0.3 is 27.3 Å². The number of alkyl halides is 1. The van der Waals surface area contributed by atoms with Crippen LogP contribution in [0.25, 0.3) is 42.3 Å². The highest BCUT2D eigenvalue weighted by molar-refractivity contribution is 9.09. The van der Waals surface area contributed by atoms with Crippen molar-refractivity contribution < 1.29 is 38.9 Å². The topological polar surface area (TPSA) is 425 Å². The number of nitrogens with zero attached hydrogens (tertiary/aromatic N) is 11. The second kappa shape index (κ2) is 51.7. The van der Waals surface area contributed by atoms with Crippen molar-refractivity contribution in [1.82, 2.24) is 25.3 Å². The van der Waals surface area contributed by atoms with Crippen molar-refractivity contribution >= 4 is 171 Å². The number of halogens is 2. The number of rotatable bonds is 29. The number of aliphatic imine (C=N–C) groups is 2. The number of nitro groups is 5. The summed E-state index contributed by atoms with van der Waals surface area (Å²) < 4.78 is 5.14. The molecule has 0 spiro atoms. The molecule has 0 saturated heterocycles. The first-order valence-electron chi connectivity index (χ1n) is 38.8. The number of thiocarbonyl (C=S) groups is 3. The molecule has 10 aromatic carbocycles. The Bertz CT molecular complexity index is 5810. The van der Waals surface area contributed by atoms with Gasteiger partial charge in [0.15, 0.2) is 5.78 Å². The predicted molar refractivity (Wildman–Crippen MR) is 528 cm³/mol. The predicted octanol–water partition coefficient (Wildman–Crippen LogP) is 23.0. The van der Waals surface area contributed by atoms with Crippen molar-refractivity contribution in [2.45, 2.75) is 88.7 Å². The Balaban J connectivity index is 0.000000194. The van der Waals surface area contributed by atoms with Gasteiger partial charge in [0.05, 0.1) is 81.2 Å². The molecule has 5 atom stereocenters. The average molecular weight is 1990 g/mol. The normalized spacial score (nSPS) is 11.6. The summed E-state index contributed by atoms with van der Waals surface area (Å²) in [6, 6.07) is 79.2. The first-order chi connectivity index (χ1) is 61.5. The molecule has 1 amide bonds. The second-order valence-corrected chi connectivity index (χ2v) is 33.4. The molecule has 1 unspecified atom stereocenters. The van der Waals surface area contributed by atoms with Gasteiger partial charge in [0.1, 0.15) is 42.7 Å². The molecule has 4 heterocycles. The Morgan fingerprint density at radius 3 is 0.907 bits per heavy atom. The number of carbonyl (C=O) groups excluding carboxylic acids is 2. The van der Waals surface area contributed by atoms with E-state index in [0.29, 0.717) is 36.2 Å². The number of nitrogens with two attached hydrogens (primary N) is 3. The molecule has 14 rings (SSSR count). The van der Waals surface area contributed by atoms with Gasteiger partial charge in [-0.25, -0.2) is 34.7 Å². The molecule has 28 nitrogen and oxygen atoms in total. The lowest BCUT2D eigenvalue weighted by atomic mass is 10.0. The number of ketones is 1. The number of carbonyl (C=O) groups is 2. The van der Waals surface area contributed by atoms with Gasteiger partial charge in [0.2, 0.25) is 0 Å². The largest absolute Gasteiger partial charge is 0.444 e. The maximum atomic E-state index is 12.0. The number of ether oxygens (including phenoxy) is 1. The SMILES string of the molecule is Br.CC(C)(C)OC(=O)N[C@@H](Cc1ccc([N+](=O)[O-])cc1)C(=O)CBr.NC(=S)c1ccccc1.NC(Cc1ccc([N+](=O)[O-])cc1)c1csc(-c2ccccc2)n1.N[C@@H](Cc1ccc([N+](=O)[O-])cc1)c1csc(-c2ccccc2)n1.O=[N+]([O-])c1ccc(C[C@H](N=C=S)c2csc(-c3ccccc3)n2)cc1.O=[N+]([O-])c1ccc(C[C@H](N=C=S)c2csc(-c3ccccc3)n2)cc1. The Morgan fingerprint density at radius 1 is 0.419 bits per heavy atom. The highest BCUT2D eigenvalue weighted by Crippen LogP contribution is 2.34. The lowest BCUT2D eigenvalue weighted by molar-refractivity contribution is -0.385. The molecule has 4 aromatic heterocycles. The minimum Gasteiger partial charge on any atom is -0.444 e. The van der Waals surface area contributed by atoms with Crippen LogP contribution in [0, 0.1) is 50.6 Å². The number of benzene rings is 10. The third-order valence-electron chi connectivity index (χ3n) is 18.2. The summed E-state index contributed by atoms with van der Waals surface area (Å²) in [5, 5.41) is 72.6. The molecular formula is C92H83Br2N15O13S7. The summed E-state index contributed by atoms with van der Waals surface area (Å²) in [5.41, 5.74) is 30.4. The average Bonchev–Trinajstić information content (AvgIpc) is 1.73. The second-order valence-electron chi connectivity index (χ2n) is 28.6. The van der Waals surface area contributed by atoms with Crippen LogP contribution in [0.1, 0.15) is 101 Å². The van der Waals surface area contributed by atoms with Gasteiger partial charge in [0, 0.05) is 123 Å². The van der Waals surface area contributed by atoms with E-state index in [1.165, 1.54) is 60.7 Å². The molecule has 0 radical (unpaired) electrons. The minimum atomic E-state index is -0.773. The molecule has 0 bridgehead atoms. The molecule has 0 saturated carbocycles. The Labute approximate surface area is 792 Å². The van der Waals surface area contributed by atoms with E-state index in [1.807, 2.05) is 173 Å². The summed E-state index contributed by atoms with van der Waals surface area (Å²) in [6.45, 7) is 5.18. The molecule has 37 heteroatoms. The maximum Gasteiger partial charge on any atom is 0.408 e. The molecule has 0 aliphatic rings. The summed E-state index contributed by atoms with van der Waals surface area (Å²) in [5.74, 6) is -0.214. The van der Waals surface area contributed by atoms with Gasteiger partial charge in [0.25, 0.3) is 28.4 Å². The lowest BCUT2D eigenvalue weighted by Gasteiger charge is -2.23. The Hall–Kier alpha value is -13.0. The van der Waals surface area contributed by atoms with Crippen LogP contribution in [-0.4, -0.2) is 88.7 Å². The number of nitro benzene ring substituents is 5. The highest BCUT2D eigenvalue weighted by Gasteiger charge is 2.26. The minimum absolute atomic E-state index is 0. The molecule has 0 fully saturated rings. The highest BCUT2D eigenvalue weighted by atomic mass is 79.9. The fourth-order valence-corrected chi connectivity index (χ4v) is 16.1. The number of amides is 1. The van der Waals surface area contributed by atoms with Gasteiger partial charge in [-0.1, -0.05) is 240 Å². The van der Waals surface area contributed by atoms with Gasteiger partial charge in [-0.3, -0.25) is 55.4 Å². The number of aromatic nitrogens is 4. The number of hydrogen-bond acceptors (Lipinski definition) is 28. The number of non-ortho nitro benzene ring substituents is 5. The van der Waals surface area contributed by atoms with Crippen molar-refractivity contribution in [3.8, 4) is 42.3 Å². The van der Waals surface area contributed by atoms with E-state index in [2.05, 4.69) is 61.5 Å². The number of isothiocyanates is 2. The number of nitrogens with one attached hydrogen (secondary N) is 1. The van der Waals surface area contributed by atoms with Gasteiger partial charge in [-0.05, 0) is 92.3 Å². The van der Waals surface area contributed by atoms with E-state index in [0.717, 1.165) is 92.9 Å². The monoisotopic (exact) mass is 1990 g/mol. The lowest BCUT2D eigenvalue weighted by Crippen LogP contribution is -2.45. The van der Waals surface area contributed by atoms with Crippen LogP contribution in [0.2, 0.25) is 0 Å². The van der Waals surface area contributed by atoms with Crippen molar-refractivity contribution in [3.05, 3.63) is 401 Å². The van der Waals surface area contributed by atoms with Crippen molar-refractivity contribution in [3.63, 3.8) is 0 Å². The van der Waals surface area contributed by atoms with E-state index < -0.39 is 42.4 Å². The fraction of sp³-hybridized carbons (Fsp3) is 0.163. The van der Waals surface area contributed by atoms with Gasteiger partial charge in [-0.2, -0.15) is 0 Å².